The van der Waals surface area contributed by atoms with Crippen LogP contribution in [-0.4, -0.2) is 27.6 Å². The van der Waals surface area contributed by atoms with Crippen LogP contribution >= 0.6 is 15.9 Å². The number of benzene rings is 2. The van der Waals surface area contributed by atoms with Gasteiger partial charge < -0.3 is 9.30 Å². The molecule has 5 nitrogen and oxygen atoms in total. The summed E-state index contributed by atoms with van der Waals surface area (Å²) in [5, 5.41) is 2.35. The molecule has 0 atom stereocenters. The molecule has 0 fully saturated rings. The van der Waals surface area contributed by atoms with Crippen LogP contribution in [0, 0.1) is 13.8 Å². The lowest BCUT2D eigenvalue weighted by molar-refractivity contribution is 0.0594. The fraction of sp³-hybridized carbons (Fsp3) is 0.190. The van der Waals surface area contributed by atoms with Gasteiger partial charge >= 0.3 is 5.97 Å². The predicted molar refractivity (Wildman–Crippen MR) is 109 cm³/mol. The summed E-state index contributed by atoms with van der Waals surface area (Å²) in [7, 11) is 1.36. The van der Waals surface area contributed by atoms with E-state index in [1.54, 1.807) is 6.07 Å². The normalized spacial score (nSPS) is 11.3. The number of rotatable bonds is 3. The third-order valence-electron chi connectivity index (χ3n) is 4.75. The van der Waals surface area contributed by atoms with E-state index in [4.69, 9.17) is 4.74 Å². The number of imidazole rings is 1. The molecule has 0 aliphatic heterocycles. The monoisotopic (exact) mass is 423 g/mol. The molecule has 0 spiro atoms. The van der Waals surface area contributed by atoms with Crippen LogP contribution in [0.5, 0.6) is 0 Å². The van der Waals surface area contributed by atoms with Gasteiger partial charge in [-0.2, -0.15) is 0 Å². The number of hydrogen-bond donors (Lipinski definition) is 0. The van der Waals surface area contributed by atoms with Gasteiger partial charge in [-0.05, 0) is 57.7 Å². The molecule has 0 bridgehead atoms. The van der Waals surface area contributed by atoms with Gasteiger partial charge in [0.1, 0.15) is 11.3 Å². The number of hydrogen-bond acceptors (Lipinski definition) is 4. The Morgan fingerprint density at radius 2 is 1.93 bits per heavy atom. The van der Waals surface area contributed by atoms with Gasteiger partial charge in [0.2, 0.25) is 0 Å². The van der Waals surface area contributed by atoms with Crippen molar-refractivity contribution in [1.29, 1.82) is 0 Å². The van der Waals surface area contributed by atoms with Gasteiger partial charge in [-0.3, -0.25) is 0 Å². The molecule has 6 heteroatoms. The molecule has 0 amide bonds. The highest BCUT2D eigenvalue weighted by molar-refractivity contribution is 9.10. The van der Waals surface area contributed by atoms with Gasteiger partial charge in [-0.1, -0.05) is 36.4 Å². The standard InChI is InChI=1S/C21H18BrN3O2/c1-12-10-17(21(26)27-3)24-20-19(12)23-13(2)25(20)11-15-9-8-14-6-4-5-7-16(14)18(15)22/h4-10H,11H2,1-3H3. The molecule has 0 radical (unpaired) electrons. The number of aryl methyl sites for hydroxylation is 2. The van der Waals surface area contributed by atoms with E-state index in [0.717, 1.165) is 32.3 Å². The zero-order chi connectivity index (χ0) is 19.1. The number of carbonyl (C=O) groups excluding carboxylic acids is 1. The van der Waals surface area contributed by atoms with Crippen LogP contribution in [0.1, 0.15) is 27.4 Å². The Balaban J connectivity index is 1.87. The lowest BCUT2D eigenvalue weighted by Crippen LogP contribution is -2.08. The molecule has 4 rings (SSSR count). The maximum atomic E-state index is 12.0. The topological polar surface area (TPSA) is 57.0 Å². The quantitative estimate of drug-likeness (QED) is 0.444. The number of methoxy groups -OCH3 is 1. The van der Waals surface area contributed by atoms with Crippen molar-refractivity contribution in [3.05, 3.63) is 69.6 Å². The summed E-state index contributed by atoms with van der Waals surface area (Å²) in [4.78, 5) is 21.2. The van der Waals surface area contributed by atoms with Crippen molar-refractivity contribution in [3.63, 3.8) is 0 Å². The van der Waals surface area contributed by atoms with Gasteiger partial charge in [-0.25, -0.2) is 14.8 Å². The van der Waals surface area contributed by atoms with E-state index in [1.807, 2.05) is 30.5 Å². The number of aromatic nitrogens is 3. The minimum atomic E-state index is -0.447. The Morgan fingerprint density at radius 3 is 2.70 bits per heavy atom. The molecule has 4 aromatic rings. The molecule has 2 heterocycles. The molecule has 136 valence electrons. The van der Waals surface area contributed by atoms with E-state index < -0.39 is 5.97 Å². The summed E-state index contributed by atoms with van der Waals surface area (Å²) in [6.07, 6.45) is 0. The maximum absolute atomic E-state index is 12.0. The van der Waals surface area contributed by atoms with Gasteiger partial charge in [0.25, 0.3) is 0 Å². The van der Waals surface area contributed by atoms with Crippen molar-refractivity contribution in [2.75, 3.05) is 7.11 Å². The zero-order valence-electron chi connectivity index (χ0n) is 15.3. The molecule has 0 unspecified atom stereocenters. The Hall–Kier alpha value is -2.73. The van der Waals surface area contributed by atoms with Crippen LogP contribution in [0.3, 0.4) is 0 Å². The van der Waals surface area contributed by atoms with Crippen molar-refractivity contribution >= 4 is 43.8 Å². The first-order valence-electron chi connectivity index (χ1n) is 8.58. The van der Waals surface area contributed by atoms with Crippen molar-refractivity contribution in [3.8, 4) is 0 Å². The molecule has 0 saturated carbocycles. The summed E-state index contributed by atoms with van der Waals surface area (Å²) in [5.74, 6) is 0.403. The number of carbonyl (C=O) groups is 1. The van der Waals surface area contributed by atoms with Crippen LogP contribution in [0.15, 0.2) is 46.9 Å². The molecule has 0 aliphatic carbocycles. The molecule has 0 aliphatic rings. The molecule has 2 aromatic carbocycles. The Kier molecular flexibility index (Phi) is 4.44. The summed E-state index contributed by atoms with van der Waals surface area (Å²) >= 11 is 3.75. The second kappa shape index (κ2) is 6.78. The summed E-state index contributed by atoms with van der Waals surface area (Å²) in [6, 6.07) is 14.2. The Bertz CT molecular complexity index is 1200. The van der Waals surface area contributed by atoms with E-state index in [2.05, 4.69) is 50.2 Å². The van der Waals surface area contributed by atoms with Crippen LogP contribution in [0.25, 0.3) is 21.9 Å². The minimum absolute atomic E-state index is 0.293. The number of nitrogens with zero attached hydrogens (tertiary/aromatic N) is 3. The summed E-state index contributed by atoms with van der Waals surface area (Å²) < 4.78 is 7.92. The van der Waals surface area contributed by atoms with Crippen LogP contribution in [-0.2, 0) is 11.3 Å². The van der Waals surface area contributed by atoms with E-state index in [9.17, 15) is 4.79 Å². The highest BCUT2D eigenvalue weighted by atomic mass is 79.9. The largest absolute Gasteiger partial charge is 0.464 e. The third-order valence-corrected chi connectivity index (χ3v) is 5.69. The second-order valence-corrected chi connectivity index (χ2v) is 7.29. The zero-order valence-corrected chi connectivity index (χ0v) is 16.9. The van der Waals surface area contributed by atoms with Gasteiger partial charge in [-0.15, -0.1) is 0 Å². The molecule has 0 saturated heterocycles. The van der Waals surface area contributed by atoms with Gasteiger partial charge in [0.15, 0.2) is 11.3 Å². The molecule has 2 aromatic heterocycles. The highest BCUT2D eigenvalue weighted by Gasteiger charge is 2.17. The highest BCUT2D eigenvalue weighted by Crippen LogP contribution is 2.29. The van der Waals surface area contributed by atoms with E-state index in [-0.39, 0.29) is 0 Å². The van der Waals surface area contributed by atoms with Gasteiger partial charge in [0.05, 0.1) is 13.7 Å². The van der Waals surface area contributed by atoms with Crippen molar-refractivity contribution in [2.24, 2.45) is 0 Å². The smallest absolute Gasteiger partial charge is 0.356 e. The van der Waals surface area contributed by atoms with Crippen molar-refractivity contribution < 1.29 is 9.53 Å². The number of halogens is 1. The first kappa shape index (κ1) is 17.7. The van der Waals surface area contributed by atoms with E-state index in [0.29, 0.717) is 17.9 Å². The average Bonchev–Trinajstić information content (AvgIpc) is 2.99. The first-order valence-corrected chi connectivity index (χ1v) is 9.38. The predicted octanol–water partition coefficient (Wildman–Crippen LogP) is 4.80. The second-order valence-electron chi connectivity index (χ2n) is 6.49. The third kappa shape index (κ3) is 3.00. The molecular formula is C21H18BrN3O2. The molecule has 27 heavy (non-hydrogen) atoms. The number of pyridine rings is 1. The Labute approximate surface area is 165 Å². The van der Waals surface area contributed by atoms with Crippen LogP contribution < -0.4 is 0 Å². The maximum Gasteiger partial charge on any atom is 0.356 e. The van der Waals surface area contributed by atoms with Crippen LogP contribution in [0.2, 0.25) is 0 Å². The van der Waals surface area contributed by atoms with Crippen molar-refractivity contribution in [2.45, 2.75) is 20.4 Å². The first-order chi connectivity index (χ1) is 13.0. The lowest BCUT2D eigenvalue weighted by Gasteiger charge is -2.11. The molecular weight excluding hydrogens is 406 g/mol. The lowest BCUT2D eigenvalue weighted by atomic mass is 10.1. The fourth-order valence-corrected chi connectivity index (χ4v) is 3.94. The number of fused-ring (bicyclic) bond motifs is 2. The summed E-state index contributed by atoms with van der Waals surface area (Å²) in [5.41, 5.74) is 3.81. The molecule has 0 N–H and O–H groups in total. The van der Waals surface area contributed by atoms with E-state index in [1.165, 1.54) is 12.5 Å². The van der Waals surface area contributed by atoms with E-state index >= 15 is 0 Å². The minimum Gasteiger partial charge on any atom is -0.464 e. The van der Waals surface area contributed by atoms with Crippen molar-refractivity contribution in [1.82, 2.24) is 14.5 Å². The number of esters is 1. The number of ether oxygens (including phenoxy) is 1. The fourth-order valence-electron chi connectivity index (χ4n) is 3.32. The Morgan fingerprint density at radius 1 is 1.15 bits per heavy atom. The van der Waals surface area contributed by atoms with Gasteiger partial charge in [0, 0.05) is 4.47 Å². The SMILES string of the molecule is COC(=O)c1cc(C)c2nc(C)n(Cc3ccc4ccccc4c3Br)c2n1. The summed E-state index contributed by atoms with van der Waals surface area (Å²) in [6.45, 7) is 4.48. The average molecular weight is 424 g/mol. The van der Waals surface area contributed by atoms with Crippen LogP contribution in [0.4, 0.5) is 0 Å².